The van der Waals surface area contributed by atoms with Crippen molar-refractivity contribution in [1.82, 2.24) is 15.2 Å². The first kappa shape index (κ1) is 15.7. The van der Waals surface area contributed by atoms with Crippen molar-refractivity contribution in [3.05, 3.63) is 66.0 Å². The molecule has 0 saturated carbocycles. The van der Waals surface area contributed by atoms with E-state index in [0.717, 1.165) is 26.2 Å². The minimum Gasteiger partial charge on any atom is -0.309 e. The van der Waals surface area contributed by atoms with Crippen LogP contribution in [0.3, 0.4) is 0 Å². The van der Waals surface area contributed by atoms with Crippen molar-refractivity contribution in [2.75, 3.05) is 19.6 Å². The predicted molar refractivity (Wildman–Crippen MR) is 88.0 cm³/mol. The zero-order chi connectivity index (χ0) is 14.9. The van der Waals surface area contributed by atoms with E-state index in [0.29, 0.717) is 6.04 Å². The van der Waals surface area contributed by atoms with Crippen LogP contribution >= 0.6 is 0 Å². The highest BCUT2D eigenvalue weighted by Gasteiger charge is 2.14. The van der Waals surface area contributed by atoms with Gasteiger partial charge in [0.1, 0.15) is 0 Å². The van der Waals surface area contributed by atoms with E-state index in [1.807, 2.05) is 12.4 Å². The van der Waals surface area contributed by atoms with Gasteiger partial charge < -0.3 is 5.32 Å². The summed E-state index contributed by atoms with van der Waals surface area (Å²) in [4.78, 5) is 6.55. The van der Waals surface area contributed by atoms with Gasteiger partial charge in [-0.15, -0.1) is 0 Å². The molecule has 3 nitrogen and oxygen atoms in total. The monoisotopic (exact) mass is 283 g/mol. The van der Waals surface area contributed by atoms with Gasteiger partial charge in [0.05, 0.1) is 0 Å². The molecular formula is C18H25N3. The standard InChI is InChI=1S/C18H25N3/c1-3-20-18(17-8-6-5-7-9-17)15-21(4-2)14-16-10-12-19-13-11-16/h5-13,18,20H,3-4,14-15H2,1-2H3. The van der Waals surface area contributed by atoms with E-state index in [1.54, 1.807) is 0 Å². The van der Waals surface area contributed by atoms with Gasteiger partial charge in [0.15, 0.2) is 0 Å². The van der Waals surface area contributed by atoms with Crippen LogP contribution in [0.25, 0.3) is 0 Å². The molecule has 1 aromatic carbocycles. The Bertz CT molecular complexity index is 498. The molecule has 0 amide bonds. The molecule has 0 radical (unpaired) electrons. The molecule has 1 atom stereocenters. The molecule has 2 aromatic rings. The number of benzene rings is 1. The number of nitrogens with one attached hydrogen (secondary N) is 1. The van der Waals surface area contributed by atoms with Gasteiger partial charge in [-0.3, -0.25) is 9.88 Å². The van der Waals surface area contributed by atoms with Gasteiger partial charge in [-0.25, -0.2) is 0 Å². The first-order valence-electron chi connectivity index (χ1n) is 7.73. The van der Waals surface area contributed by atoms with Crippen molar-refractivity contribution in [3.63, 3.8) is 0 Å². The van der Waals surface area contributed by atoms with Crippen molar-refractivity contribution in [2.24, 2.45) is 0 Å². The molecule has 0 fully saturated rings. The van der Waals surface area contributed by atoms with E-state index < -0.39 is 0 Å². The smallest absolute Gasteiger partial charge is 0.0449 e. The minimum atomic E-state index is 0.373. The molecule has 0 aliphatic carbocycles. The van der Waals surface area contributed by atoms with Crippen molar-refractivity contribution < 1.29 is 0 Å². The van der Waals surface area contributed by atoms with Crippen molar-refractivity contribution in [3.8, 4) is 0 Å². The molecule has 21 heavy (non-hydrogen) atoms. The van der Waals surface area contributed by atoms with Crippen molar-refractivity contribution >= 4 is 0 Å². The molecule has 0 saturated heterocycles. The van der Waals surface area contributed by atoms with Crippen LogP contribution in [-0.4, -0.2) is 29.5 Å². The van der Waals surface area contributed by atoms with Crippen molar-refractivity contribution in [1.29, 1.82) is 0 Å². The Morgan fingerprint density at radius 3 is 2.38 bits per heavy atom. The van der Waals surface area contributed by atoms with Gasteiger partial charge in [-0.05, 0) is 36.3 Å². The summed E-state index contributed by atoms with van der Waals surface area (Å²) < 4.78 is 0. The van der Waals surface area contributed by atoms with E-state index in [9.17, 15) is 0 Å². The molecule has 3 heteroatoms. The highest BCUT2D eigenvalue weighted by Crippen LogP contribution is 2.15. The Kier molecular flexibility index (Phi) is 6.38. The molecule has 0 bridgehead atoms. The normalized spacial score (nSPS) is 12.5. The fraction of sp³-hybridized carbons (Fsp3) is 0.389. The number of hydrogen-bond acceptors (Lipinski definition) is 3. The number of pyridine rings is 1. The lowest BCUT2D eigenvalue weighted by Gasteiger charge is -2.27. The van der Waals surface area contributed by atoms with Crippen LogP contribution in [0.4, 0.5) is 0 Å². The lowest BCUT2D eigenvalue weighted by atomic mass is 10.1. The topological polar surface area (TPSA) is 28.2 Å². The van der Waals surface area contributed by atoms with Crippen LogP contribution in [0, 0.1) is 0 Å². The molecule has 2 rings (SSSR count). The molecule has 0 aliphatic rings. The summed E-state index contributed by atoms with van der Waals surface area (Å²) in [7, 11) is 0. The second-order valence-electron chi connectivity index (χ2n) is 5.20. The SMILES string of the molecule is CCNC(CN(CC)Cc1ccncc1)c1ccccc1. The molecular weight excluding hydrogens is 258 g/mol. The second-order valence-corrected chi connectivity index (χ2v) is 5.20. The Balaban J connectivity index is 2.03. The average molecular weight is 283 g/mol. The summed E-state index contributed by atoms with van der Waals surface area (Å²) in [6, 6.07) is 15.2. The fourth-order valence-electron chi connectivity index (χ4n) is 2.53. The second kappa shape index (κ2) is 8.55. The first-order chi connectivity index (χ1) is 10.3. The highest BCUT2D eigenvalue weighted by atomic mass is 15.1. The van der Waals surface area contributed by atoms with E-state index in [1.165, 1.54) is 11.1 Å². The molecule has 0 spiro atoms. The van der Waals surface area contributed by atoms with Crippen LogP contribution in [0.1, 0.15) is 31.0 Å². The Hall–Kier alpha value is -1.71. The molecule has 0 aliphatic heterocycles. The van der Waals surface area contributed by atoms with Crippen LogP contribution in [0.5, 0.6) is 0 Å². The Labute approximate surface area is 128 Å². The zero-order valence-electron chi connectivity index (χ0n) is 13.0. The fourth-order valence-corrected chi connectivity index (χ4v) is 2.53. The molecule has 1 unspecified atom stereocenters. The van der Waals surface area contributed by atoms with Gasteiger partial charge >= 0.3 is 0 Å². The number of hydrogen-bond donors (Lipinski definition) is 1. The van der Waals surface area contributed by atoms with Gasteiger partial charge in [0, 0.05) is 31.5 Å². The summed E-state index contributed by atoms with van der Waals surface area (Å²) in [6.07, 6.45) is 3.73. The third-order valence-corrected chi connectivity index (χ3v) is 3.70. The van der Waals surface area contributed by atoms with Gasteiger partial charge in [-0.2, -0.15) is 0 Å². The minimum absolute atomic E-state index is 0.373. The number of nitrogens with zero attached hydrogens (tertiary/aromatic N) is 2. The third kappa shape index (κ3) is 4.96. The van der Waals surface area contributed by atoms with E-state index in [4.69, 9.17) is 0 Å². The van der Waals surface area contributed by atoms with Crippen LogP contribution < -0.4 is 5.32 Å². The van der Waals surface area contributed by atoms with Gasteiger partial charge in [-0.1, -0.05) is 44.2 Å². The summed E-state index contributed by atoms with van der Waals surface area (Å²) >= 11 is 0. The van der Waals surface area contributed by atoms with E-state index in [-0.39, 0.29) is 0 Å². The van der Waals surface area contributed by atoms with Crippen LogP contribution in [0.15, 0.2) is 54.9 Å². The van der Waals surface area contributed by atoms with E-state index in [2.05, 4.69) is 71.5 Å². The quantitative estimate of drug-likeness (QED) is 0.806. The van der Waals surface area contributed by atoms with E-state index >= 15 is 0 Å². The summed E-state index contributed by atoms with van der Waals surface area (Å²) in [5, 5.41) is 3.60. The molecule has 1 N–H and O–H groups in total. The molecule has 1 heterocycles. The van der Waals surface area contributed by atoms with Gasteiger partial charge in [0.2, 0.25) is 0 Å². The molecule has 1 aromatic heterocycles. The average Bonchev–Trinajstić information content (AvgIpc) is 2.55. The molecule has 112 valence electrons. The number of aromatic nitrogens is 1. The largest absolute Gasteiger partial charge is 0.309 e. The Morgan fingerprint density at radius 2 is 1.76 bits per heavy atom. The Morgan fingerprint density at radius 1 is 1.05 bits per heavy atom. The summed E-state index contributed by atoms with van der Waals surface area (Å²) in [6.45, 7) is 8.37. The third-order valence-electron chi connectivity index (χ3n) is 3.70. The maximum absolute atomic E-state index is 4.09. The summed E-state index contributed by atoms with van der Waals surface area (Å²) in [5.74, 6) is 0. The van der Waals surface area contributed by atoms with Gasteiger partial charge in [0.25, 0.3) is 0 Å². The lowest BCUT2D eigenvalue weighted by Crippen LogP contribution is -2.35. The van der Waals surface area contributed by atoms with Crippen LogP contribution in [-0.2, 0) is 6.54 Å². The first-order valence-corrected chi connectivity index (χ1v) is 7.73. The highest BCUT2D eigenvalue weighted by molar-refractivity contribution is 5.19. The maximum atomic E-state index is 4.09. The predicted octanol–water partition coefficient (Wildman–Crippen LogP) is 3.25. The van der Waals surface area contributed by atoms with Crippen LogP contribution in [0.2, 0.25) is 0 Å². The number of likely N-dealkylation sites (N-methyl/N-ethyl adjacent to an activating group) is 2. The summed E-state index contributed by atoms with van der Waals surface area (Å²) in [5.41, 5.74) is 2.67. The lowest BCUT2D eigenvalue weighted by molar-refractivity contribution is 0.247. The maximum Gasteiger partial charge on any atom is 0.0449 e. The van der Waals surface area contributed by atoms with Crippen molar-refractivity contribution in [2.45, 2.75) is 26.4 Å². The number of rotatable bonds is 8. The zero-order valence-corrected chi connectivity index (χ0v) is 13.0.